The summed E-state index contributed by atoms with van der Waals surface area (Å²) in [4.78, 5) is 4.83. The number of aliphatic hydroxyl groups excluding tert-OH is 1. The Labute approximate surface area is 124 Å². The first-order valence-corrected chi connectivity index (χ1v) is 7.71. The van der Waals surface area contributed by atoms with Gasteiger partial charge in [-0.2, -0.15) is 0 Å². The summed E-state index contributed by atoms with van der Waals surface area (Å²) >= 11 is 3.49. The number of benzene rings is 1. The highest BCUT2D eigenvalue weighted by Crippen LogP contribution is 2.25. The smallest absolute Gasteiger partial charge is 0.0451 e. The van der Waals surface area contributed by atoms with Gasteiger partial charge in [-0.1, -0.05) is 22.9 Å². The lowest BCUT2D eigenvalue weighted by molar-refractivity contribution is 0.250. The molecule has 2 unspecified atom stereocenters. The van der Waals surface area contributed by atoms with E-state index in [1.807, 2.05) is 0 Å². The maximum Gasteiger partial charge on any atom is 0.0451 e. The molecule has 0 aliphatic carbocycles. The largest absolute Gasteiger partial charge is 0.396 e. The summed E-state index contributed by atoms with van der Waals surface area (Å²) in [6, 6.07) is 8.88. The number of aliphatic hydroxyl groups is 1. The molecule has 3 nitrogen and oxygen atoms in total. The predicted molar refractivity (Wildman–Crippen MR) is 83.6 cm³/mol. The number of likely N-dealkylation sites (N-methyl/N-ethyl adjacent to an activating group) is 1. The molecule has 106 valence electrons. The summed E-state index contributed by atoms with van der Waals surface area (Å²) in [6.07, 6.45) is 0.827. The van der Waals surface area contributed by atoms with Gasteiger partial charge >= 0.3 is 0 Å². The molecule has 0 bridgehead atoms. The number of hydrogen-bond acceptors (Lipinski definition) is 3. The van der Waals surface area contributed by atoms with Crippen molar-refractivity contribution < 1.29 is 5.11 Å². The van der Waals surface area contributed by atoms with E-state index in [-0.39, 0.29) is 6.61 Å². The quantitative estimate of drug-likeness (QED) is 0.924. The zero-order valence-electron chi connectivity index (χ0n) is 11.7. The van der Waals surface area contributed by atoms with Crippen LogP contribution in [-0.2, 0) is 0 Å². The maximum absolute atomic E-state index is 9.32. The summed E-state index contributed by atoms with van der Waals surface area (Å²) < 4.78 is 1.11. The highest BCUT2D eigenvalue weighted by molar-refractivity contribution is 9.10. The lowest BCUT2D eigenvalue weighted by Crippen LogP contribution is -2.41. The van der Waals surface area contributed by atoms with Gasteiger partial charge in [0.2, 0.25) is 0 Å². The molecule has 4 heteroatoms. The minimum Gasteiger partial charge on any atom is -0.396 e. The number of nitrogens with zero attached hydrogens (tertiary/aromatic N) is 2. The van der Waals surface area contributed by atoms with Crippen molar-refractivity contribution in [1.82, 2.24) is 4.90 Å². The Hall–Kier alpha value is -0.580. The fraction of sp³-hybridized carbons (Fsp3) is 0.600. The first-order valence-electron chi connectivity index (χ1n) is 6.91. The van der Waals surface area contributed by atoms with E-state index in [0.29, 0.717) is 12.0 Å². The van der Waals surface area contributed by atoms with Crippen LogP contribution in [0, 0.1) is 5.92 Å². The molecule has 1 fully saturated rings. The minimum absolute atomic E-state index is 0.250. The van der Waals surface area contributed by atoms with E-state index in [0.717, 1.165) is 30.5 Å². The molecule has 1 heterocycles. The van der Waals surface area contributed by atoms with Crippen LogP contribution in [0.2, 0.25) is 0 Å². The second-order valence-electron chi connectivity index (χ2n) is 5.62. The Bertz CT molecular complexity index is 396. The first kappa shape index (κ1) is 14.8. The molecule has 1 aliphatic rings. The van der Waals surface area contributed by atoms with Gasteiger partial charge in [0.1, 0.15) is 0 Å². The van der Waals surface area contributed by atoms with Crippen molar-refractivity contribution in [2.24, 2.45) is 5.92 Å². The number of rotatable bonds is 3. The Morgan fingerprint density at radius 1 is 1.21 bits per heavy atom. The van der Waals surface area contributed by atoms with Crippen LogP contribution >= 0.6 is 15.9 Å². The van der Waals surface area contributed by atoms with Crippen molar-refractivity contribution in [1.29, 1.82) is 0 Å². The molecule has 1 saturated heterocycles. The van der Waals surface area contributed by atoms with Crippen LogP contribution in [0.3, 0.4) is 0 Å². The van der Waals surface area contributed by atoms with Gasteiger partial charge in [-0.15, -0.1) is 0 Å². The second-order valence-corrected chi connectivity index (χ2v) is 6.54. The zero-order valence-corrected chi connectivity index (χ0v) is 13.3. The number of anilines is 1. The van der Waals surface area contributed by atoms with Gasteiger partial charge in [0.25, 0.3) is 0 Å². The number of halogens is 1. The third kappa shape index (κ3) is 3.94. The van der Waals surface area contributed by atoms with Gasteiger partial charge in [-0.25, -0.2) is 0 Å². The molecule has 1 aromatic rings. The maximum atomic E-state index is 9.32. The first-order chi connectivity index (χ1) is 9.10. The molecule has 1 N–H and O–H groups in total. The van der Waals surface area contributed by atoms with E-state index in [1.165, 1.54) is 5.69 Å². The van der Waals surface area contributed by atoms with Gasteiger partial charge in [0, 0.05) is 42.4 Å². The average molecular weight is 327 g/mol. The molecule has 2 rings (SSSR count). The van der Waals surface area contributed by atoms with Crippen molar-refractivity contribution in [3.05, 3.63) is 28.7 Å². The van der Waals surface area contributed by atoms with Crippen molar-refractivity contribution >= 4 is 21.6 Å². The summed E-state index contributed by atoms with van der Waals surface area (Å²) in [5.41, 5.74) is 1.25. The van der Waals surface area contributed by atoms with Crippen LogP contribution in [0.1, 0.15) is 13.3 Å². The second kappa shape index (κ2) is 6.73. The Balaban J connectivity index is 2.23. The lowest BCUT2D eigenvalue weighted by Gasteiger charge is -2.33. The van der Waals surface area contributed by atoms with Crippen LogP contribution < -0.4 is 4.90 Å². The van der Waals surface area contributed by atoms with E-state index in [4.69, 9.17) is 0 Å². The van der Waals surface area contributed by atoms with Crippen LogP contribution in [0.4, 0.5) is 5.69 Å². The molecular formula is C15H23BrN2O. The summed E-state index contributed by atoms with van der Waals surface area (Å²) in [7, 11) is 2.17. The molecule has 19 heavy (non-hydrogen) atoms. The molecule has 2 atom stereocenters. The van der Waals surface area contributed by atoms with Crippen molar-refractivity contribution in [2.45, 2.75) is 19.4 Å². The zero-order chi connectivity index (χ0) is 13.8. The lowest BCUT2D eigenvalue weighted by atomic mass is 10.1. The molecule has 0 aromatic heterocycles. The van der Waals surface area contributed by atoms with Crippen molar-refractivity contribution in [3.63, 3.8) is 0 Å². The van der Waals surface area contributed by atoms with Gasteiger partial charge in [0.15, 0.2) is 0 Å². The highest BCUT2D eigenvalue weighted by Gasteiger charge is 2.26. The van der Waals surface area contributed by atoms with E-state index in [1.54, 1.807) is 0 Å². The summed E-state index contributed by atoms with van der Waals surface area (Å²) in [5.74, 6) is 0.636. The van der Waals surface area contributed by atoms with E-state index < -0.39 is 0 Å². The predicted octanol–water partition coefficient (Wildman–Crippen LogP) is 2.59. The Morgan fingerprint density at radius 2 is 1.89 bits per heavy atom. The molecule has 0 saturated carbocycles. The van der Waals surface area contributed by atoms with Crippen LogP contribution in [-0.4, -0.2) is 49.3 Å². The van der Waals surface area contributed by atoms with Gasteiger partial charge in [-0.05, 0) is 43.7 Å². The molecule has 0 amide bonds. The standard InChI is InChI=1S/C15H23BrN2O/c1-12-9-17(2)11-15(7-8-19)18(10-12)14-5-3-13(16)4-6-14/h3-6,12,15,19H,7-11H2,1-2H3. The highest BCUT2D eigenvalue weighted by atomic mass is 79.9. The molecule has 1 aliphatic heterocycles. The van der Waals surface area contributed by atoms with Gasteiger partial charge in [0.05, 0.1) is 0 Å². The topological polar surface area (TPSA) is 26.7 Å². The summed E-state index contributed by atoms with van der Waals surface area (Å²) in [5, 5.41) is 9.32. The van der Waals surface area contributed by atoms with Crippen LogP contribution in [0.15, 0.2) is 28.7 Å². The van der Waals surface area contributed by atoms with Gasteiger partial charge < -0.3 is 14.9 Å². The molecule has 0 spiro atoms. The van der Waals surface area contributed by atoms with E-state index in [2.05, 4.69) is 64.0 Å². The van der Waals surface area contributed by atoms with Crippen molar-refractivity contribution in [3.8, 4) is 0 Å². The molecule has 0 radical (unpaired) electrons. The Kier molecular flexibility index (Phi) is 5.25. The van der Waals surface area contributed by atoms with Crippen molar-refractivity contribution in [2.75, 3.05) is 38.2 Å². The fourth-order valence-corrected chi connectivity index (χ4v) is 3.22. The summed E-state index contributed by atoms with van der Waals surface area (Å²) in [6.45, 7) is 5.73. The average Bonchev–Trinajstić information content (AvgIpc) is 2.49. The molecular weight excluding hydrogens is 304 g/mol. The van der Waals surface area contributed by atoms with Crippen LogP contribution in [0.5, 0.6) is 0 Å². The van der Waals surface area contributed by atoms with Gasteiger partial charge in [-0.3, -0.25) is 0 Å². The van der Waals surface area contributed by atoms with E-state index in [9.17, 15) is 5.11 Å². The third-order valence-corrected chi connectivity index (χ3v) is 4.24. The van der Waals surface area contributed by atoms with E-state index >= 15 is 0 Å². The SMILES string of the molecule is CC1CN(C)CC(CCO)N(c2ccc(Br)cc2)C1. The van der Waals surface area contributed by atoms with Crippen LogP contribution in [0.25, 0.3) is 0 Å². The minimum atomic E-state index is 0.250. The third-order valence-electron chi connectivity index (χ3n) is 3.72. The fourth-order valence-electron chi connectivity index (χ4n) is 2.95. The number of hydrogen-bond donors (Lipinski definition) is 1. The molecule has 1 aromatic carbocycles. The normalized spacial score (nSPS) is 25.4. The Morgan fingerprint density at radius 3 is 2.53 bits per heavy atom. The monoisotopic (exact) mass is 326 g/mol.